The van der Waals surface area contributed by atoms with Crippen LogP contribution in [0.4, 0.5) is 0 Å². The van der Waals surface area contributed by atoms with Gasteiger partial charge >= 0.3 is 0 Å². The molecule has 3 atom stereocenters. The highest BCUT2D eigenvalue weighted by Crippen LogP contribution is 2.35. The standard InChI is InChI=1S/C15H30N2/c1-3-5-6-7-8-9-15(17-16)14-11-10-13(4-2)12-14/h3,13-15,17H,1,4-12,16H2,2H3. The van der Waals surface area contributed by atoms with Gasteiger partial charge in [-0.05, 0) is 43.9 Å². The smallest absolute Gasteiger partial charge is 0.0238 e. The highest BCUT2D eigenvalue weighted by Gasteiger charge is 2.28. The fourth-order valence-electron chi connectivity index (χ4n) is 3.13. The van der Waals surface area contributed by atoms with Crippen molar-refractivity contribution in [3.05, 3.63) is 12.7 Å². The predicted octanol–water partition coefficient (Wildman–Crippen LogP) is 3.78. The molecule has 2 heteroatoms. The van der Waals surface area contributed by atoms with Gasteiger partial charge in [0.1, 0.15) is 0 Å². The maximum absolute atomic E-state index is 5.71. The molecule has 0 heterocycles. The van der Waals surface area contributed by atoms with Crippen molar-refractivity contribution in [3.8, 4) is 0 Å². The molecule has 3 N–H and O–H groups in total. The topological polar surface area (TPSA) is 38.0 Å². The Morgan fingerprint density at radius 3 is 2.76 bits per heavy atom. The van der Waals surface area contributed by atoms with E-state index < -0.39 is 0 Å². The molecule has 1 rings (SSSR count). The molecule has 1 aliphatic rings. The van der Waals surface area contributed by atoms with Crippen LogP contribution >= 0.6 is 0 Å². The summed E-state index contributed by atoms with van der Waals surface area (Å²) >= 11 is 0. The van der Waals surface area contributed by atoms with Crippen molar-refractivity contribution in [1.82, 2.24) is 5.43 Å². The zero-order chi connectivity index (χ0) is 12.5. The van der Waals surface area contributed by atoms with E-state index in [9.17, 15) is 0 Å². The van der Waals surface area contributed by atoms with Crippen LogP contribution in [-0.4, -0.2) is 6.04 Å². The average Bonchev–Trinajstić information content (AvgIpc) is 2.82. The molecule has 17 heavy (non-hydrogen) atoms. The van der Waals surface area contributed by atoms with E-state index in [1.807, 2.05) is 6.08 Å². The average molecular weight is 238 g/mol. The molecule has 0 radical (unpaired) electrons. The van der Waals surface area contributed by atoms with Crippen LogP contribution in [0.1, 0.15) is 64.7 Å². The van der Waals surface area contributed by atoms with Crippen LogP contribution in [-0.2, 0) is 0 Å². The number of hydrogen-bond donors (Lipinski definition) is 2. The highest BCUT2D eigenvalue weighted by molar-refractivity contribution is 4.83. The minimum atomic E-state index is 0.551. The number of nitrogens with one attached hydrogen (secondary N) is 1. The maximum atomic E-state index is 5.71. The lowest BCUT2D eigenvalue weighted by molar-refractivity contribution is 0.324. The molecule has 0 saturated heterocycles. The van der Waals surface area contributed by atoms with Crippen molar-refractivity contribution < 1.29 is 0 Å². The lowest BCUT2D eigenvalue weighted by Gasteiger charge is -2.23. The molecule has 3 unspecified atom stereocenters. The van der Waals surface area contributed by atoms with Crippen molar-refractivity contribution in [2.75, 3.05) is 0 Å². The Morgan fingerprint density at radius 1 is 1.35 bits per heavy atom. The molecule has 100 valence electrons. The van der Waals surface area contributed by atoms with Gasteiger partial charge in [0.15, 0.2) is 0 Å². The molecule has 1 saturated carbocycles. The first-order valence-electron chi connectivity index (χ1n) is 7.38. The molecule has 2 nitrogen and oxygen atoms in total. The largest absolute Gasteiger partial charge is 0.271 e. The zero-order valence-electron chi connectivity index (χ0n) is 11.5. The molecule has 0 aromatic rings. The minimum Gasteiger partial charge on any atom is -0.271 e. The second-order valence-electron chi connectivity index (χ2n) is 5.55. The highest BCUT2D eigenvalue weighted by atomic mass is 15.2. The molecule has 1 fully saturated rings. The quantitative estimate of drug-likeness (QED) is 0.278. The van der Waals surface area contributed by atoms with Crippen molar-refractivity contribution in [1.29, 1.82) is 0 Å². The number of nitrogens with two attached hydrogens (primary N) is 1. The fourth-order valence-corrected chi connectivity index (χ4v) is 3.13. The van der Waals surface area contributed by atoms with Crippen LogP contribution in [0.3, 0.4) is 0 Å². The van der Waals surface area contributed by atoms with Crippen LogP contribution < -0.4 is 11.3 Å². The number of rotatable bonds is 9. The third-order valence-electron chi connectivity index (χ3n) is 4.37. The van der Waals surface area contributed by atoms with Crippen molar-refractivity contribution in [3.63, 3.8) is 0 Å². The van der Waals surface area contributed by atoms with E-state index in [1.165, 1.54) is 51.4 Å². The van der Waals surface area contributed by atoms with Crippen molar-refractivity contribution in [2.45, 2.75) is 70.8 Å². The molecule has 0 aliphatic heterocycles. The number of hydrazine groups is 1. The first-order valence-corrected chi connectivity index (χ1v) is 7.38. The summed E-state index contributed by atoms with van der Waals surface area (Å²) in [5, 5.41) is 0. The van der Waals surface area contributed by atoms with Gasteiger partial charge in [-0.25, -0.2) is 0 Å². The van der Waals surface area contributed by atoms with E-state index in [-0.39, 0.29) is 0 Å². The summed E-state index contributed by atoms with van der Waals surface area (Å²) in [4.78, 5) is 0. The van der Waals surface area contributed by atoms with E-state index in [0.29, 0.717) is 6.04 Å². The predicted molar refractivity (Wildman–Crippen MR) is 75.5 cm³/mol. The molecule has 0 spiro atoms. The normalized spacial score (nSPS) is 26.0. The molecule has 0 bridgehead atoms. The summed E-state index contributed by atoms with van der Waals surface area (Å²) in [6.07, 6.45) is 13.8. The van der Waals surface area contributed by atoms with E-state index >= 15 is 0 Å². The van der Waals surface area contributed by atoms with Crippen LogP contribution in [0.25, 0.3) is 0 Å². The molecular weight excluding hydrogens is 208 g/mol. The Kier molecular flexibility index (Phi) is 7.54. The summed E-state index contributed by atoms with van der Waals surface area (Å²) < 4.78 is 0. The van der Waals surface area contributed by atoms with Gasteiger partial charge in [0.2, 0.25) is 0 Å². The van der Waals surface area contributed by atoms with E-state index in [0.717, 1.165) is 18.3 Å². The van der Waals surface area contributed by atoms with E-state index in [4.69, 9.17) is 5.84 Å². The van der Waals surface area contributed by atoms with Gasteiger partial charge in [0.25, 0.3) is 0 Å². The number of allylic oxidation sites excluding steroid dienone is 1. The Balaban J connectivity index is 2.17. The van der Waals surface area contributed by atoms with Crippen LogP contribution in [0.5, 0.6) is 0 Å². The van der Waals surface area contributed by atoms with Crippen LogP contribution in [0.2, 0.25) is 0 Å². The molecular formula is C15H30N2. The lowest BCUT2D eigenvalue weighted by atomic mass is 9.92. The van der Waals surface area contributed by atoms with Crippen LogP contribution in [0, 0.1) is 11.8 Å². The first-order chi connectivity index (χ1) is 8.31. The number of unbranched alkanes of at least 4 members (excludes halogenated alkanes) is 3. The van der Waals surface area contributed by atoms with Gasteiger partial charge in [-0.15, -0.1) is 6.58 Å². The second-order valence-corrected chi connectivity index (χ2v) is 5.55. The lowest BCUT2D eigenvalue weighted by Crippen LogP contribution is -2.40. The van der Waals surface area contributed by atoms with Gasteiger partial charge < -0.3 is 0 Å². The van der Waals surface area contributed by atoms with Gasteiger partial charge in [-0.3, -0.25) is 11.3 Å². The summed E-state index contributed by atoms with van der Waals surface area (Å²) in [6, 6.07) is 0.551. The summed E-state index contributed by atoms with van der Waals surface area (Å²) in [7, 11) is 0. The van der Waals surface area contributed by atoms with Gasteiger partial charge in [-0.2, -0.15) is 0 Å². The van der Waals surface area contributed by atoms with Crippen molar-refractivity contribution in [2.24, 2.45) is 17.7 Å². The molecule has 0 amide bonds. The Morgan fingerprint density at radius 2 is 2.18 bits per heavy atom. The summed E-state index contributed by atoms with van der Waals surface area (Å²) in [5.41, 5.74) is 3.06. The minimum absolute atomic E-state index is 0.551. The van der Waals surface area contributed by atoms with Gasteiger partial charge in [-0.1, -0.05) is 38.7 Å². The third-order valence-corrected chi connectivity index (χ3v) is 4.37. The fraction of sp³-hybridized carbons (Fsp3) is 0.867. The second kappa shape index (κ2) is 8.71. The Labute approximate surface area is 107 Å². The SMILES string of the molecule is C=CCCCCCC(NN)C1CCC(CC)C1. The zero-order valence-corrected chi connectivity index (χ0v) is 11.5. The van der Waals surface area contributed by atoms with Gasteiger partial charge in [0, 0.05) is 6.04 Å². The van der Waals surface area contributed by atoms with E-state index in [1.54, 1.807) is 0 Å². The summed E-state index contributed by atoms with van der Waals surface area (Å²) in [6.45, 7) is 6.07. The van der Waals surface area contributed by atoms with E-state index in [2.05, 4.69) is 18.9 Å². The Hall–Kier alpha value is -0.340. The van der Waals surface area contributed by atoms with Crippen molar-refractivity contribution >= 4 is 0 Å². The Bertz CT molecular complexity index is 203. The number of hydrogen-bond acceptors (Lipinski definition) is 2. The molecule has 0 aromatic heterocycles. The first kappa shape index (κ1) is 14.7. The third kappa shape index (κ3) is 5.22. The van der Waals surface area contributed by atoms with Crippen LogP contribution in [0.15, 0.2) is 12.7 Å². The maximum Gasteiger partial charge on any atom is 0.0238 e. The molecule has 1 aliphatic carbocycles. The summed E-state index contributed by atoms with van der Waals surface area (Å²) in [5.74, 6) is 7.49. The molecule has 0 aromatic carbocycles. The van der Waals surface area contributed by atoms with Gasteiger partial charge in [0.05, 0.1) is 0 Å². The monoisotopic (exact) mass is 238 g/mol.